The molecule has 1 unspecified atom stereocenters. The molecule has 1 N–H and O–H groups in total. The third-order valence-electron chi connectivity index (χ3n) is 10.1. The Hall–Kier alpha value is -6.91. The summed E-state index contributed by atoms with van der Waals surface area (Å²) in [7, 11) is 0. The fourth-order valence-corrected chi connectivity index (χ4v) is 7.62. The van der Waals surface area contributed by atoms with Gasteiger partial charge in [0.15, 0.2) is 0 Å². The minimum absolute atomic E-state index is 0.238. The van der Waals surface area contributed by atoms with Crippen LogP contribution in [0.5, 0.6) is 0 Å². The van der Waals surface area contributed by atoms with Crippen LogP contribution < -0.4 is 5.32 Å². The second-order valence-corrected chi connectivity index (χ2v) is 13.2. The van der Waals surface area contributed by atoms with Gasteiger partial charge in [-0.2, -0.15) is 0 Å². The molecule has 3 heterocycles. The summed E-state index contributed by atoms with van der Waals surface area (Å²) in [6, 6.07) is 63.8. The lowest BCUT2D eigenvalue weighted by molar-refractivity contribution is 0.636. The van der Waals surface area contributed by atoms with Crippen molar-refractivity contribution in [2.75, 3.05) is 0 Å². The molecule has 2 aromatic heterocycles. The lowest BCUT2D eigenvalue weighted by Crippen LogP contribution is -2.24. The molecular weight excluding hydrogens is 635 g/mol. The van der Waals surface area contributed by atoms with E-state index in [-0.39, 0.29) is 6.17 Å². The SMILES string of the molecule is C1=C(c2ccccc2)NC(c2ccc(-n3c4ccccc4c4c5oc(-c6ccccc6)c(-c6ccccc6)c5ccc43)cc2)N=C1c1ccccc1. The average molecular weight is 668 g/mol. The van der Waals surface area contributed by atoms with Gasteiger partial charge in [-0.25, -0.2) is 0 Å². The molecule has 4 heteroatoms. The van der Waals surface area contributed by atoms with Gasteiger partial charge in [-0.15, -0.1) is 0 Å². The first-order valence-corrected chi connectivity index (χ1v) is 17.7. The quantitative estimate of drug-likeness (QED) is 0.192. The van der Waals surface area contributed by atoms with Gasteiger partial charge in [-0.1, -0.05) is 152 Å². The Morgan fingerprint density at radius 1 is 0.500 bits per heavy atom. The highest BCUT2D eigenvalue weighted by Crippen LogP contribution is 2.46. The molecule has 1 aliphatic rings. The molecule has 0 aliphatic carbocycles. The predicted molar refractivity (Wildman–Crippen MR) is 215 cm³/mol. The molecule has 0 saturated heterocycles. The minimum Gasteiger partial charge on any atom is -0.455 e. The molecule has 0 radical (unpaired) electrons. The van der Waals surface area contributed by atoms with E-state index in [0.29, 0.717) is 0 Å². The standard InChI is InChI=1S/C48H33N3O/c1-5-15-32(16-6-1)40-31-41(33-17-7-2-8-18-33)50-48(49-40)36-25-27-37(28-26-36)51-42-24-14-13-23-38(42)45-43(51)30-29-39-44(34-19-9-3-10-20-34)46(52-47(39)45)35-21-11-4-12-22-35/h1-31,48-49H. The minimum atomic E-state index is -0.238. The van der Waals surface area contributed by atoms with E-state index in [4.69, 9.17) is 9.41 Å². The molecule has 0 amide bonds. The van der Waals surface area contributed by atoms with Crippen molar-refractivity contribution in [2.45, 2.75) is 6.17 Å². The van der Waals surface area contributed by atoms with Crippen LogP contribution in [0.25, 0.3) is 66.6 Å². The first-order valence-electron chi connectivity index (χ1n) is 17.7. The Labute approximate surface area is 301 Å². The third-order valence-corrected chi connectivity index (χ3v) is 10.1. The van der Waals surface area contributed by atoms with Crippen LogP contribution in [0, 0.1) is 0 Å². The summed E-state index contributed by atoms with van der Waals surface area (Å²) >= 11 is 0. The lowest BCUT2D eigenvalue weighted by atomic mass is 9.98. The van der Waals surface area contributed by atoms with Crippen molar-refractivity contribution in [2.24, 2.45) is 4.99 Å². The van der Waals surface area contributed by atoms with Crippen molar-refractivity contribution < 1.29 is 4.42 Å². The van der Waals surface area contributed by atoms with Crippen LogP contribution in [0.2, 0.25) is 0 Å². The first-order chi connectivity index (χ1) is 25.8. The van der Waals surface area contributed by atoms with E-state index in [2.05, 4.69) is 180 Å². The summed E-state index contributed by atoms with van der Waals surface area (Å²) in [6.45, 7) is 0. The van der Waals surface area contributed by atoms with Gasteiger partial charge in [0.05, 0.1) is 22.1 Å². The van der Waals surface area contributed by atoms with E-state index in [1.54, 1.807) is 0 Å². The highest BCUT2D eigenvalue weighted by molar-refractivity contribution is 6.22. The molecule has 0 bridgehead atoms. The number of aliphatic imine (C=N–C) groups is 1. The van der Waals surface area contributed by atoms with Crippen LogP contribution in [0.15, 0.2) is 197 Å². The molecule has 7 aromatic carbocycles. The number of para-hydroxylation sites is 1. The van der Waals surface area contributed by atoms with Crippen molar-refractivity contribution in [1.29, 1.82) is 0 Å². The fourth-order valence-electron chi connectivity index (χ4n) is 7.62. The van der Waals surface area contributed by atoms with E-state index in [0.717, 1.165) is 89.0 Å². The summed E-state index contributed by atoms with van der Waals surface area (Å²) in [5.41, 5.74) is 12.9. The molecule has 52 heavy (non-hydrogen) atoms. The molecule has 246 valence electrons. The molecule has 1 aliphatic heterocycles. The van der Waals surface area contributed by atoms with Crippen LogP contribution in [-0.4, -0.2) is 10.3 Å². The Bertz CT molecular complexity index is 2780. The number of furan rings is 1. The molecule has 0 saturated carbocycles. The number of rotatable bonds is 6. The van der Waals surface area contributed by atoms with E-state index >= 15 is 0 Å². The predicted octanol–water partition coefficient (Wildman–Crippen LogP) is 12.0. The summed E-state index contributed by atoms with van der Waals surface area (Å²) in [5.74, 6) is 0.884. The number of aromatic nitrogens is 1. The zero-order chi connectivity index (χ0) is 34.4. The van der Waals surface area contributed by atoms with E-state index < -0.39 is 0 Å². The second kappa shape index (κ2) is 12.4. The monoisotopic (exact) mass is 667 g/mol. The van der Waals surface area contributed by atoms with Crippen molar-refractivity contribution in [3.63, 3.8) is 0 Å². The highest BCUT2D eigenvalue weighted by atomic mass is 16.3. The van der Waals surface area contributed by atoms with E-state index in [9.17, 15) is 0 Å². The number of fused-ring (bicyclic) bond motifs is 5. The maximum atomic E-state index is 6.96. The summed E-state index contributed by atoms with van der Waals surface area (Å²) in [5, 5.41) is 7.08. The number of hydrogen-bond acceptors (Lipinski definition) is 3. The van der Waals surface area contributed by atoms with Gasteiger partial charge in [0.1, 0.15) is 17.5 Å². The van der Waals surface area contributed by atoms with Crippen LogP contribution in [0.1, 0.15) is 22.9 Å². The van der Waals surface area contributed by atoms with E-state index in [1.165, 1.54) is 0 Å². The summed E-state index contributed by atoms with van der Waals surface area (Å²) < 4.78 is 9.31. The smallest absolute Gasteiger partial charge is 0.145 e. The van der Waals surface area contributed by atoms with Crippen LogP contribution >= 0.6 is 0 Å². The first kappa shape index (κ1) is 30.0. The number of allylic oxidation sites excluding steroid dienone is 1. The number of nitrogens with zero attached hydrogens (tertiary/aromatic N) is 2. The Balaban J connectivity index is 1.11. The van der Waals surface area contributed by atoms with Crippen molar-refractivity contribution in [3.05, 3.63) is 205 Å². The van der Waals surface area contributed by atoms with Crippen LogP contribution in [0.3, 0.4) is 0 Å². The fraction of sp³-hybridized carbons (Fsp3) is 0.0208. The largest absolute Gasteiger partial charge is 0.455 e. The van der Waals surface area contributed by atoms with E-state index in [1.807, 2.05) is 18.2 Å². The Morgan fingerprint density at radius 2 is 1.10 bits per heavy atom. The molecule has 9 aromatic rings. The van der Waals surface area contributed by atoms with Crippen LogP contribution in [-0.2, 0) is 0 Å². The zero-order valence-electron chi connectivity index (χ0n) is 28.3. The molecule has 1 atom stereocenters. The van der Waals surface area contributed by atoms with Gasteiger partial charge in [-0.3, -0.25) is 4.99 Å². The molecule has 4 nitrogen and oxygen atoms in total. The highest BCUT2D eigenvalue weighted by Gasteiger charge is 2.24. The maximum Gasteiger partial charge on any atom is 0.145 e. The van der Waals surface area contributed by atoms with Crippen LogP contribution in [0.4, 0.5) is 0 Å². The molecule has 10 rings (SSSR count). The summed E-state index contributed by atoms with van der Waals surface area (Å²) in [4.78, 5) is 5.19. The van der Waals surface area contributed by atoms with Crippen molar-refractivity contribution in [3.8, 4) is 28.1 Å². The van der Waals surface area contributed by atoms with Gasteiger partial charge in [0, 0.05) is 33.3 Å². The van der Waals surface area contributed by atoms with Gasteiger partial charge >= 0.3 is 0 Å². The topological polar surface area (TPSA) is 42.5 Å². The third kappa shape index (κ3) is 5.04. The normalized spacial score (nSPS) is 14.3. The number of hydrogen-bond donors (Lipinski definition) is 1. The van der Waals surface area contributed by atoms with Gasteiger partial charge in [0.25, 0.3) is 0 Å². The Morgan fingerprint density at radius 3 is 1.79 bits per heavy atom. The van der Waals surface area contributed by atoms with Crippen molar-refractivity contribution in [1.82, 2.24) is 9.88 Å². The average Bonchev–Trinajstić information content (AvgIpc) is 3.78. The number of nitrogens with one attached hydrogen (secondary N) is 1. The number of benzene rings is 7. The van der Waals surface area contributed by atoms with Gasteiger partial charge < -0.3 is 14.3 Å². The second-order valence-electron chi connectivity index (χ2n) is 13.2. The molecular formula is C48H33N3O. The van der Waals surface area contributed by atoms with Gasteiger partial charge in [-0.05, 0) is 58.7 Å². The maximum absolute atomic E-state index is 6.96. The molecule has 0 spiro atoms. The van der Waals surface area contributed by atoms with Gasteiger partial charge in [0.2, 0.25) is 0 Å². The Kier molecular flexibility index (Phi) is 7.17. The molecule has 0 fully saturated rings. The van der Waals surface area contributed by atoms with Crippen molar-refractivity contribution >= 4 is 44.2 Å². The zero-order valence-corrected chi connectivity index (χ0v) is 28.3. The lowest BCUT2D eigenvalue weighted by Gasteiger charge is -2.25. The summed E-state index contributed by atoms with van der Waals surface area (Å²) in [6.07, 6.45) is 1.91.